The molecule has 0 saturated heterocycles. The third kappa shape index (κ3) is 2.51. The minimum atomic E-state index is -0.395. The van der Waals surface area contributed by atoms with E-state index in [-0.39, 0.29) is 46.4 Å². The summed E-state index contributed by atoms with van der Waals surface area (Å²) in [6.07, 6.45) is 1.71. The molecule has 0 unspecified atom stereocenters. The van der Waals surface area contributed by atoms with E-state index < -0.39 is 6.04 Å². The third-order valence-corrected chi connectivity index (χ3v) is 7.07. The van der Waals surface area contributed by atoms with Crippen LogP contribution in [0.3, 0.4) is 0 Å². The Hall–Kier alpha value is -3.97. The van der Waals surface area contributed by atoms with Crippen LogP contribution in [0.15, 0.2) is 103 Å². The third-order valence-electron chi connectivity index (χ3n) is 7.07. The van der Waals surface area contributed by atoms with Gasteiger partial charge in [-0.3, -0.25) is 4.98 Å². The Kier molecular flexibility index (Phi) is 2.68. The Balaban J connectivity index is 1.53. The van der Waals surface area contributed by atoms with E-state index in [1.54, 1.807) is 12.3 Å². The zero-order valence-electron chi connectivity index (χ0n) is 24.3. The Morgan fingerprint density at radius 3 is 2.39 bits per heavy atom. The molecule has 1 aliphatic carbocycles. The van der Waals surface area contributed by atoms with Crippen LogP contribution in [0.25, 0.3) is 54.7 Å². The van der Waals surface area contributed by atoms with E-state index in [1.807, 2.05) is 12.1 Å². The van der Waals surface area contributed by atoms with E-state index in [2.05, 4.69) is 56.3 Å². The van der Waals surface area contributed by atoms with Gasteiger partial charge in [0.25, 0.3) is 0 Å². The molecule has 7 rings (SSSR count). The molecule has 1 aromatic heterocycles. The van der Waals surface area contributed by atoms with Crippen molar-refractivity contribution in [2.75, 3.05) is 0 Å². The van der Waals surface area contributed by atoms with Gasteiger partial charge >= 0.3 is 0 Å². The second-order valence-electron chi connectivity index (χ2n) is 9.17. The van der Waals surface area contributed by atoms with Crippen molar-refractivity contribution in [3.05, 3.63) is 114 Å². The molecule has 0 radical (unpaired) electrons. The molecule has 33 heavy (non-hydrogen) atoms. The Morgan fingerprint density at radius 2 is 1.45 bits per heavy atom. The molecule has 6 aromatic rings. The van der Waals surface area contributed by atoms with Gasteiger partial charge in [-0.2, -0.15) is 0 Å². The summed E-state index contributed by atoms with van der Waals surface area (Å²) < 4.78 is 50.8. The zero-order chi connectivity index (χ0) is 27.4. The van der Waals surface area contributed by atoms with Crippen molar-refractivity contribution in [2.45, 2.75) is 19.3 Å². The van der Waals surface area contributed by atoms with Crippen LogP contribution in [-0.4, -0.2) is 4.98 Å². The Labute approximate surface area is 201 Å². The van der Waals surface area contributed by atoms with Crippen LogP contribution in [0, 0.1) is 0 Å². The lowest BCUT2D eigenvalue weighted by Gasteiger charge is -2.22. The zero-order valence-corrected chi connectivity index (χ0v) is 18.3. The highest BCUT2D eigenvalue weighted by molar-refractivity contribution is 6.18. The van der Waals surface area contributed by atoms with Gasteiger partial charge in [0.2, 0.25) is 0 Å². The van der Waals surface area contributed by atoms with Crippen molar-refractivity contribution >= 4 is 32.3 Å². The lowest BCUT2D eigenvalue weighted by atomic mass is 9.81. The molecular formula is C32H23N. The monoisotopic (exact) mass is 427 g/mol. The van der Waals surface area contributed by atoms with Gasteiger partial charge in [-0.25, -0.2) is 0 Å². The molecule has 1 heterocycles. The number of hydrogen-bond acceptors (Lipinski definition) is 1. The number of pyridine rings is 1. The predicted octanol–water partition coefficient (Wildman–Crippen LogP) is 8.51. The molecule has 1 nitrogen and oxygen atoms in total. The van der Waals surface area contributed by atoms with Gasteiger partial charge in [0.05, 0.1) is 13.9 Å². The maximum Gasteiger partial charge on any atom is 0.0780 e. The molecule has 0 spiro atoms. The second-order valence-corrected chi connectivity index (χ2v) is 9.17. The van der Waals surface area contributed by atoms with E-state index in [0.717, 1.165) is 22.0 Å². The summed E-state index contributed by atoms with van der Waals surface area (Å²) in [5, 5.41) is 2.93. The summed E-state index contributed by atoms with van der Waals surface area (Å²) in [6, 6.07) is 19.0. The maximum absolute atomic E-state index is 8.89. The molecular weight excluding hydrogens is 398 g/mol. The number of aromatic nitrogens is 1. The number of rotatable bonds is 1. The van der Waals surface area contributed by atoms with Gasteiger partial charge in [-0.15, -0.1) is 0 Å². The van der Waals surface area contributed by atoms with E-state index in [9.17, 15) is 0 Å². The first-order valence-corrected chi connectivity index (χ1v) is 11.1. The van der Waals surface area contributed by atoms with E-state index in [1.165, 1.54) is 22.3 Å². The summed E-state index contributed by atoms with van der Waals surface area (Å²) in [5.74, 6) is 0. The minimum absolute atomic E-state index is 0.0594. The van der Waals surface area contributed by atoms with Crippen LogP contribution < -0.4 is 0 Å². The Bertz CT molecular complexity index is 2060. The molecule has 0 fully saturated rings. The van der Waals surface area contributed by atoms with Crippen molar-refractivity contribution in [3.63, 3.8) is 0 Å². The van der Waals surface area contributed by atoms with Gasteiger partial charge in [-0.1, -0.05) is 98.6 Å². The molecule has 0 amide bonds. The molecule has 156 valence electrons. The number of nitrogens with zero attached hydrogens (tertiary/aromatic N) is 1. The lowest BCUT2D eigenvalue weighted by Crippen LogP contribution is -2.14. The molecule has 0 aliphatic heterocycles. The highest BCUT2D eigenvalue weighted by Gasteiger charge is 2.35. The van der Waals surface area contributed by atoms with E-state index in [4.69, 9.17) is 13.2 Å². The Morgan fingerprint density at radius 1 is 0.667 bits per heavy atom. The van der Waals surface area contributed by atoms with Crippen LogP contribution in [0.2, 0.25) is 0 Å². The molecule has 0 atom stereocenters. The smallest absolute Gasteiger partial charge is 0.0780 e. The van der Waals surface area contributed by atoms with Crippen LogP contribution >= 0.6 is 0 Å². The first-order chi connectivity index (χ1) is 18.6. The summed E-state index contributed by atoms with van der Waals surface area (Å²) in [6.45, 7) is 4.47. The normalized spacial score (nSPS) is 16.5. The molecule has 1 heteroatoms. The predicted molar refractivity (Wildman–Crippen MR) is 140 cm³/mol. The number of hydrogen-bond donors (Lipinski definition) is 0. The molecule has 5 aromatic carbocycles. The first kappa shape index (κ1) is 13.5. The molecule has 0 saturated carbocycles. The minimum Gasteiger partial charge on any atom is -0.256 e. The largest absolute Gasteiger partial charge is 0.256 e. The fourth-order valence-electron chi connectivity index (χ4n) is 5.41. The lowest BCUT2D eigenvalue weighted by molar-refractivity contribution is 0.660. The van der Waals surface area contributed by atoms with Gasteiger partial charge < -0.3 is 0 Å². The summed E-state index contributed by atoms with van der Waals surface area (Å²) in [7, 11) is 0. The second kappa shape index (κ2) is 6.52. The van der Waals surface area contributed by atoms with Gasteiger partial charge in [0.15, 0.2) is 0 Å². The van der Waals surface area contributed by atoms with Gasteiger partial charge in [0, 0.05) is 22.6 Å². The summed E-state index contributed by atoms with van der Waals surface area (Å²) >= 11 is 0. The van der Waals surface area contributed by atoms with E-state index in [0.29, 0.717) is 10.8 Å². The van der Waals surface area contributed by atoms with Crippen molar-refractivity contribution in [1.29, 1.82) is 0 Å². The summed E-state index contributed by atoms with van der Waals surface area (Å²) in [4.78, 5) is 4.75. The fraction of sp³-hybridized carbons (Fsp3) is 0.0938. The van der Waals surface area contributed by atoms with E-state index >= 15 is 0 Å². The standard InChI is InChI=1S/C32H23N/c1-32(2)29-10-6-5-9-26(29)27-14-12-21(19-30(27)32)31-28-16-15-23-22-8-4-3-7-20(22)11-13-24(23)25(28)17-18-33-31/h3-19H,1-2H3/i3D,4D,7D,8D,11D,13D. The summed E-state index contributed by atoms with van der Waals surface area (Å²) in [5.41, 5.74) is 6.57. The van der Waals surface area contributed by atoms with Crippen LogP contribution in [0.1, 0.15) is 33.2 Å². The van der Waals surface area contributed by atoms with Crippen LogP contribution in [0.4, 0.5) is 0 Å². The molecule has 1 aliphatic rings. The molecule has 0 N–H and O–H groups in total. The quantitative estimate of drug-likeness (QED) is 0.240. The van der Waals surface area contributed by atoms with Gasteiger partial charge in [0.1, 0.15) is 0 Å². The van der Waals surface area contributed by atoms with Crippen molar-refractivity contribution in [3.8, 4) is 22.4 Å². The van der Waals surface area contributed by atoms with Crippen LogP contribution in [0.5, 0.6) is 0 Å². The maximum atomic E-state index is 8.89. The molecule has 0 bridgehead atoms. The highest BCUT2D eigenvalue weighted by Crippen LogP contribution is 2.49. The van der Waals surface area contributed by atoms with Crippen molar-refractivity contribution in [2.24, 2.45) is 0 Å². The fourth-order valence-corrected chi connectivity index (χ4v) is 5.41. The SMILES string of the molecule is [2H]c1c([2H])c([2H])c2c(c1[2H])c([2H])c([2H])c1c3ccnc(-c4ccc5c(c4)C(C)(C)c4ccccc4-5)c3ccc21. The highest BCUT2D eigenvalue weighted by atomic mass is 14.7. The average molecular weight is 428 g/mol. The first-order valence-electron chi connectivity index (χ1n) is 14.1. The van der Waals surface area contributed by atoms with Crippen molar-refractivity contribution in [1.82, 2.24) is 4.98 Å². The number of benzene rings is 5. The van der Waals surface area contributed by atoms with Crippen LogP contribution in [-0.2, 0) is 5.41 Å². The van der Waals surface area contributed by atoms with Crippen molar-refractivity contribution < 1.29 is 8.22 Å². The average Bonchev–Trinajstić information content (AvgIpc) is 3.18. The topological polar surface area (TPSA) is 12.9 Å². The van der Waals surface area contributed by atoms with Gasteiger partial charge in [-0.05, 0) is 61.3 Å². The number of fused-ring (bicyclic) bond motifs is 8.